The van der Waals surface area contributed by atoms with E-state index >= 15 is 0 Å². The predicted molar refractivity (Wildman–Crippen MR) is 80.1 cm³/mol. The molecule has 3 aliphatic rings. The van der Waals surface area contributed by atoms with Crippen molar-refractivity contribution in [2.24, 2.45) is 17.3 Å². The number of hydrogen-bond acceptors (Lipinski definition) is 3. The second-order valence-electron chi connectivity index (χ2n) is 7.58. The number of aliphatic hydroxyl groups is 2. The van der Waals surface area contributed by atoms with Gasteiger partial charge in [-0.1, -0.05) is 13.0 Å². The third-order valence-electron chi connectivity index (χ3n) is 6.68. The van der Waals surface area contributed by atoms with Gasteiger partial charge in [-0.3, -0.25) is 0 Å². The van der Waals surface area contributed by atoms with Gasteiger partial charge in [0.2, 0.25) is 0 Å². The van der Waals surface area contributed by atoms with Crippen LogP contribution in [0.5, 0.6) is 5.75 Å². The lowest BCUT2D eigenvalue weighted by atomic mass is 9.54. The lowest BCUT2D eigenvalue weighted by Crippen LogP contribution is -2.49. The van der Waals surface area contributed by atoms with E-state index in [2.05, 4.69) is 6.92 Å². The van der Waals surface area contributed by atoms with Crippen LogP contribution in [0.25, 0.3) is 0 Å². The highest BCUT2D eigenvalue weighted by atomic mass is 16.3. The van der Waals surface area contributed by atoms with E-state index in [1.165, 1.54) is 5.56 Å². The first-order valence-electron chi connectivity index (χ1n) is 8.18. The van der Waals surface area contributed by atoms with Gasteiger partial charge in [-0.05, 0) is 78.5 Å². The molecule has 3 heteroatoms. The smallest absolute Gasteiger partial charge is 0.115 e. The summed E-state index contributed by atoms with van der Waals surface area (Å²) in [6.07, 6.45) is 4.05. The van der Waals surface area contributed by atoms with E-state index in [0.29, 0.717) is 18.3 Å². The quantitative estimate of drug-likeness (QED) is 0.687. The highest BCUT2D eigenvalue weighted by molar-refractivity contribution is 5.41. The highest BCUT2D eigenvalue weighted by Gasteiger charge is 2.56. The van der Waals surface area contributed by atoms with E-state index in [-0.39, 0.29) is 29.3 Å². The number of phenolic OH excluding ortho intramolecular Hbond substituents is 1. The van der Waals surface area contributed by atoms with E-state index in [9.17, 15) is 15.3 Å². The lowest BCUT2D eigenvalue weighted by molar-refractivity contribution is -0.0627. The minimum absolute atomic E-state index is 0.0173. The summed E-state index contributed by atoms with van der Waals surface area (Å²) >= 11 is 0. The van der Waals surface area contributed by atoms with Crippen molar-refractivity contribution in [3.63, 3.8) is 0 Å². The van der Waals surface area contributed by atoms with Crippen LogP contribution < -0.4 is 0 Å². The predicted octanol–water partition coefficient (Wildman–Crippen LogP) is 2.58. The Labute approximate surface area is 125 Å². The SMILES string of the molecule is C[C@@]12CC[C@H]3c4ccc(O)cc4C[C@H](O)[C@@H]3[C@@H]1CC[C@@H]2O. The summed E-state index contributed by atoms with van der Waals surface area (Å²) < 4.78 is 0. The van der Waals surface area contributed by atoms with Crippen molar-refractivity contribution in [2.45, 2.75) is 57.2 Å². The van der Waals surface area contributed by atoms with Crippen LogP contribution in [-0.4, -0.2) is 27.5 Å². The molecule has 0 aliphatic heterocycles. The number of hydrogen-bond donors (Lipinski definition) is 3. The monoisotopic (exact) mass is 288 g/mol. The minimum Gasteiger partial charge on any atom is -0.508 e. The fourth-order valence-corrected chi connectivity index (χ4v) is 5.56. The maximum Gasteiger partial charge on any atom is 0.115 e. The van der Waals surface area contributed by atoms with Crippen LogP contribution in [0.4, 0.5) is 0 Å². The molecule has 0 bridgehead atoms. The van der Waals surface area contributed by atoms with Gasteiger partial charge in [-0.2, -0.15) is 0 Å². The average molecular weight is 288 g/mol. The van der Waals surface area contributed by atoms with Gasteiger partial charge in [0.1, 0.15) is 5.75 Å². The Morgan fingerprint density at radius 1 is 1.14 bits per heavy atom. The van der Waals surface area contributed by atoms with E-state index in [1.807, 2.05) is 12.1 Å². The number of fused-ring (bicyclic) bond motifs is 5. The zero-order valence-electron chi connectivity index (χ0n) is 12.5. The van der Waals surface area contributed by atoms with Gasteiger partial charge >= 0.3 is 0 Å². The topological polar surface area (TPSA) is 60.7 Å². The van der Waals surface area contributed by atoms with Crippen LogP contribution >= 0.6 is 0 Å². The number of aliphatic hydroxyl groups excluding tert-OH is 2. The molecule has 1 aromatic carbocycles. The molecule has 114 valence electrons. The fourth-order valence-electron chi connectivity index (χ4n) is 5.56. The molecule has 0 radical (unpaired) electrons. The Hall–Kier alpha value is -1.06. The van der Waals surface area contributed by atoms with Crippen LogP contribution in [0.3, 0.4) is 0 Å². The standard InChI is InChI=1S/C18H24O3/c1-18-7-6-13-12-3-2-11(19)8-10(12)9-15(20)17(13)14(18)4-5-16(18)21/h2-3,8,13-17,19-21H,4-7,9H2,1H3/t13-,14-,15-,16-,17-,18+/m0/s1. The van der Waals surface area contributed by atoms with Gasteiger partial charge in [0.05, 0.1) is 12.2 Å². The third-order valence-corrected chi connectivity index (χ3v) is 6.68. The Kier molecular flexibility index (Phi) is 2.89. The highest BCUT2D eigenvalue weighted by Crippen LogP contribution is 2.60. The maximum atomic E-state index is 10.7. The van der Waals surface area contributed by atoms with Crippen LogP contribution in [0, 0.1) is 17.3 Å². The van der Waals surface area contributed by atoms with Crippen LogP contribution in [0.2, 0.25) is 0 Å². The summed E-state index contributed by atoms with van der Waals surface area (Å²) in [6.45, 7) is 2.21. The molecule has 4 rings (SSSR count). The van der Waals surface area contributed by atoms with E-state index in [0.717, 1.165) is 31.2 Å². The number of phenols is 1. The summed E-state index contributed by atoms with van der Waals surface area (Å²) in [5.74, 6) is 1.35. The normalized spacial score (nSPS) is 44.8. The van der Waals surface area contributed by atoms with Crippen molar-refractivity contribution in [3.8, 4) is 5.75 Å². The van der Waals surface area contributed by atoms with Gasteiger partial charge in [0.25, 0.3) is 0 Å². The zero-order chi connectivity index (χ0) is 14.8. The molecule has 0 saturated heterocycles. The molecule has 0 spiro atoms. The van der Waals surface area contributed by atoms with Crippen molar-refractivity contribution in [1.82, 2.24) is 0 Å². The largest absolute Gasteiger partial charge is 0.508 e. The molecular formula is C18H24O3. The Bertz CT molecular complexity index is 570. The molecule has 0 amide bonds. The Balaban J connectivity index is 1.76. The first-order valence-corrected chi connectivity index (χ1v) is 8.18. The first-order chi connectivity index (χ1) is 10.0. The second kappa shape index (κ2) is 4.47. The number of benzene rings is 1. The fraction of sp³-hybridized carbons (Fsp3) is 0.667. The van der Waals surface area contributed by atoms with Gasteiger partial charge in [-0.25, -0.2) is 0 Å². The van der Waals surface area contributed by atoms with Crippen molar-refractivity contribution in [2.75, 3.05) is 0 Å². The van der Waals surface area contributed by atoms with Gasteiger partial charge in [0, 0.05) is 0 Å². The zero-order valence-corrected chi connectivity index (χ0v) is 12.5. The maximum absolute atomic E-state index is 10.7. The van der Waals surface area contributed by atoms with Crippen molar-refractivity contribution in [3.05, 3.63) is 29.3 Å². The summed E-state index contributed by atoms with van der Waals surface area (Å²) in [4.78, 5) is 0. The Morgan fingerprint density at radius 2 is 1.95 bits per heavy atom. The molecule has 6 atom stereocenters. The third kappa shape index (κ3) is 1.80. The molecule has 3 nitrogen and oxygen atoms in total. The number of aromatic hydroxyl groups is 1. The van der Waals surface area contributed by atoms with Gasteiger partial charge in [0.15, 0.2) is 0 Å². The molecule has 1 aromatic rings. The van der Waals surface area contributed by atoms with Crippen LogP contribution in [0.1, 0.15) is 49.7 Å². The summed E-state index contributed by atoms with van der Waals surface area (Å²) in [5, 5.41) is 30.8. The van der Waals surface area contributed by atoms with E-state index < -0.39 is 0 Å². The van der Waals surface area contributed by atoms with E-state index in [1.54, 1.807) is 6.07 Å². The Morgan fingerprint density at radius 3 is 2.76 bits per heavy atom. The van der Waals surface area contributed by atoms with Gasteiger partial charge < -0.3 is 15.3 Å². The molecule has 0 aromatic heterocycles. The molecule has 2 fully saturated rings. The summed E-state index contributed by atoms with van der Waals surface area (Å²) in [5.41, 5.74) is 2.40. The molecular weight excluding hydrogens is 264 g/mol. The summed E-state index contributed by atoms with van der Waals surface area (Å²) in [7, 11) is 0. The van der Waals surface area contributed by atoms with Gasteiger partial charge in [-0.15, -0.1) is 0 Å². The van der Waals surface area contributed by atoms with E-state index in [4.69, 9.17) is 0 Å². The lowest BCUT2D eigenvalue weighted by Gasteiger charge is -2.51. The molecule has 3 N–H and O–H groups in total. The molecule has 0 heterocycles. The van der Waals surface area contributed by atoms with Crippen molar-refractivity contribution in [1.29, 1.82) is 0 Å². The van der Waals surface area contributed by atoms with Crippen molar-refractivity contribution < 1.29 is 15.3 Å². The summed E-state index contributed by atoms with van der Waals surface area (Å²) in [6, 6.07) is 5.62. The minimum atomic E-state index is -0.348. The van der Waals surface area contributed by atoms with Crippen molar-refractivity contribution >= 4 is 0 Å². The first kappa shape index (κ1) is 13.6. The second-order valence-corrected chi connectivity index (χ2v) is 7.58. The molecule has 21 heavy (non-hydrogen) atoms. The van der Waals surface area contributed by atoms with Crippen LogP contribution in [-0.2, 0) is 6.42 Å². The average Bonchev–Trinajstić information content (AvgIpc) is 2.74. The molecule has 2 saturated carbocycles. The molecule has 3 aliphatic carbocycles. The molecule has 0 unspecified atom stereocenters. The van der Waals surface area contributed by atoms with Crippen LogP contribution in [0.15, 0.2) is 18.2 Å². The number of rotatable bonds is 0.